The average molecular weight is 381 g/mol. The van der Waals surface area contributed by atoms with Crippen molar-refractivity contribution in [3.63, 3.8) is 0 Å². The number of esters is 1. The van der Waals surface area contributed by atoms with Gasteiger partial charge in [0.1, 0.15) is 6.10 Å². The molecule has 1 fully saturated rings. The van der Waals surface area contributed by atoms with E-state index in [2.05, 4.69) is 54.0 Å². The summed E-state index contributed by atoms with van der Waals surface area (Å²) in [4.78, 5) is 12.5. The molecular formula is C20H29BrO2. The van der Waals surface area contributed by atoms with Gasteiger partial charge in [-0.3, -0.25) is 4.79 Å². The van der Waals surface area contributed by atoms with Crippen LogP contribution >= 0.6 is 15.9 Å². The fourth-order valence-electron chi connectivity index (χ4n) is 3.30. The molecule has 0 N–H and O–H groups in total. The number of aryl methyl sites for hydroxylation is 1. The van der Waals surface area contributed by atoms with Crippen molar-refractivity contribution in [1.29, 1.82) is 0 Å². The van der Waals surface area contributed by atoms with E-state index in [1.54, 1.807) is 0 Å². The smallest absolute Gasteiger partial charge is 0.309 e. The highest BCUT2D eigenvalue weighted by molar-refractivity contribution is 9.08. The van der Waals surface area contributed by atoms with Crippen molar-refractivity contribution < 1.29 is 9.53 Å². The third kappa shape index (κ3) is 6.29. The Labute approximate surface area is 149 Å². The number of benzene rings is 1. The van der Waals surface area contributed by atoms with Crippen LogP contribution in [0.1, 0.15) is 63.5 Å². The van der Waals surface area contributed by atoms with Crippen LogP contribution in [0, 0.1) is 11.8 Å². The molecule has 2 rings (SSSR count). The van der Waals surface area contributed by atoms with Gasteiger partial charge in [0.05, 0.1) is 5.92 Å². The molecule has 0 bridgehead atoms. The molecule has 23 heavy (non-hydrogen) atoms. The molecule has 1 atom stereocenters. The molecule has 0 spiro atoms. The monoisotopic (exact) mass is 380 g/mol. The van der Waals surface area contributed by atoms with E-state index >= 15 is 0 Å². The minimum Gasteiger partial charge on any atom is -0.462 e. The first-order valence-corrected chi connectivity index (χ1v) is 10.0. The number of alkyl halides is 1. The summed E-state index contributed by atoms with van der Waals surface area (Å²) in [5, 5.41) is 0.886. The molecule has 1 aromatic carbocycles. The Morgan fingerprint density at radius 3 is 2.35 bits per heavy atom. The standard InChI is InChI=1S/C20H29BrO2/c1-15(2)13-18(20(22)23-19-5-3-4-6-19)12-11-16-7-9-17(14-21)10-8-16/h7-10,15,18-19H,3-6,11-14H2,1-2H3/t18-/m0/s1. The van der Waals surface area contributed by atoms with Crippen molar-refractivity contribution in [3.05, 3.63) is 35.4 Å². The van der Waals surface area contributed by atoms with Gasteiger partial charge in [0.2, 0.25) is 0 Å². The summed E-state index contributed by atoms with van der Waals surface area (Å²) in [6.45, 7) is 4.36. The summed E-state index contributed by atoms with van der Waals surface area (Å²) >= 11 is 3.47. The van der Waals surface area contributed by atoms with Crippen molar-refractivity contribution in [2.24, 2.45) is 11.8 Å². The normalized spacial score (nSPS) is 16.7. The number of hydrogen-bond acceptors (Lipinski definition) is 2. The highest BCUT2D eigenvalue weighted by Crippen LogP contribution is 2.25. The lowest BCUT2D eigenvalue weighted by atomic mass is 9.91. The van der Waals surface area contributed by atoms with Crippen molar-refractivity contribution in [1.82, 2.24) is 0 Å². The first-order chi connectivity index (χ1) is 11.1. The van der Waals surface area contributed by atoms with Gasteiger partial charge in [-0.15, -0.1) is 0 Å². The Bertz CT molecular complexity index is 475. The fourth-order valence-corrected chi connectivity index (χ4v) is 3.68. The van der Waals surface area contributed by atoms with Crippen LogP contribution < -0.4 is 0 Å². The third-order valence-electron chi connectivity index (χ3n) is 4.63. The Hall–Kier alpha value is -0.830. The van der Waals surface area contributed by atoms with Gasteiger partial charge in [-0.05, 0) is 62.0 Å². The highest BCUT2D eigenvalue weighted by Gasteiger charge is 2.26. The number of halogens is 1. The van der Waals surface area contributed by atoms with Crippen molar-refractivity contribution in [2.75, 3.05) is 0 Å². The van der Waals surface area contributed by atoms with E-state index in [4.69, 9.17) is 4.74 Å². The van der Waals surface area contributed by atoms with E-state index in [0.29, 0.717) is 5.92 Å². The maximum atomic E-state index is 12.5. The Morgan fingerprint density at radius 2 is 1.78 bits per heavy atom. The molecule has 0 radical (unpaired) electrons. The van der Waals surface area contributed by atoms with Crippen LogP contribution in [0.3, 0.4) is 0 Å². The minimum absolute atomic E-state index is 0.0303. The molecular weight excluding hydrogens is 352 g/mol. The lowest BCUT2D eigenvalue weighted by molar-refractivity contribution is -0.154. The number of carbonyl (C=O) groups is 1. The Morgan fingerprint density at radius 1 is 1.17 bits per heavy atom. The van der Waals surface area contributed by atoms with Crippen molar-refractivity contribution in [2.45, 2.75) is 70.2 Å². The lowest BCUT2D eigenvalue weighted by Crippen LogP contribution is -2.24. The zero-order chi connectivity index (χ0) is 16.7. The van der Waals surface area contributed by atoms with Gasteiger partial charge >= 0.3 is 5.97 Å². The topological polar surface area (TPSA) is 26.3 Å². The second kappa shape index (κ2) is 9.46. The number of rotatable bonds is 8. The summed E-state index contributed by atoms with van der Waals surface area (Å²) < 4.78 is 5.75. The average Bonchev–Trinajstić information content (AvgIpc) is 3.04. The molecule has 128 valence electrons. The van der Waals surface area contributed by atoms with Gasteiger partial charge < -0.3 is 4.74 Å². The quantitative estimate of drug-likeness (QED) is 0.429. The molecule has 0 amide bonds. The third-order valence-corrected chi connectivity index (χ3v) is 5.28. The van der Waals surface area contributed by atoms with Gasteiger partial charge in [0.25, 0.3) is 0 Å². The number of hydrogen-bond donors (Lipinski definition) is 0. The molecule has 0 aliphatic heterocycles. The van der Waals surface area contributed by atoms with E-state index in [1.807, 2.05) is 0 Å². The summed E-state index contributed by atoms with van der Waals surface area (Å²) in [5.74, 6) is 0.584. The van der Waals surface area contributed by atoms with Crippen LogP contribution in [-0.2, 0) is 21.3 Å². The van der Waals surface area contributed by atoms with Crippen molar-refractivity contribution >= 4 is 21.9 Å². The number of carbonyl (C=O) groups excluding carboxylic acids is 1. The first kappa shape index (κ1) is 18.5. The summed E-state index contributed by atoms with van der Waals surface area (Å²) in [7, 11) is 0. The minimum atomic E-state index is 0.0303. The van der Waals surface area contributed by atoms with Gasteiger partial charge in [-0.1, -0.05) is 54.0 Å². The zero-order valence-electron chi connectivity index (χ0n) is 14.4. The second-order valence-corrected chi connectivity index (χ2v) is 7.72. The van der Waals surface area contributed by atoms with E-state index in [1.165, 1.54) is 24.0 Å². The largest absolute Gasteiger partial charge is 0.462 e. The van der Waals surface area contributed by atoms with Crippen molar-refractivity contribution in [3.8, 4) is 0 Å². The second-order valence-electron chi connectivity index (χ2n) is 7.16. The van der Waals surface area contributed by atoms with E-state index in [0.717, 1.165) is 37.4 Å². The summed E-state index contributed by atoms with van der Waals surface area (Å²) in [6.07, 6.45) is 7.43. The number of ether oxygens (including phenoxy) is 1. The summed E-state index contributed by atoms with van der Waals surface area (Å²) in [5.41, 5.74) is 2.59. The zero-order valence-corrected chi connectivity index (χ0v) is 16.0. The van der Waals surface area contributed by atoms with Crippen LogP contribution in [0.4, 0.5) is 0 Å². The van der Waals surface area contributed by atoms with E-state index in [-0.39, 0.29) is 18.0 Å². The van der Waals surface area contributed by atoms with Crippen LogP contribution in [-0.4, -0.2) is 12.1 Å². The molecule has 1 aliphatic rings. The van der Waals surface area contributed by atoms with Gasteiger partial charge in [0.15, 0.2) is 0 Å². The molecule has 3 heteroatoms. The molecule has 0 aromatic heterocycles. The van der Waals surface area contributed by atoms with Crippen LogP contribution in [0.15, 0.2) is 24.3 Å². The van der Waals surface area contributed by atoms with Crippen LogP contribution in [0.25, 0.3) is 0 Å². The Balaban J connectivity index is 1.89. The summed E-state index contributed by atoms with van der Waals surface area (Å²) in [6, 6.07) is 8.65. The van der Waals surface area contributed by atoms with E-state index < -0.39 is 0 Å². The molecule has 2 nitrogen and oxygen atoms in total. The van der Waals surface area contributed by atoms with Crippen LogP contribution in [0.2, 0.25) is 0 Å². The highest BCUT2D eigenvalue weighted by atomic mass is 79.9. The SMILES string of the molecule is CC(C)C[C@H](CCc1ccc(CBr)cc1)C(=O)OC1CCCC1. The van der Waals surface area contributed by atoms with Crippen LogP contribution in [0.5, 0.6) is 0 Å². The molecule has 1 aliphatic carbocycles. The maximum Gasteiger partial charge on any atom is 0.309 e. The van der Waals surface area contributed by atoms with E-state index in [9.17, 15) is 4.79 Å². The predicted octanol–water partition coefficient (Wildman–Crippen LogP) is 5.66. The predicted molar refractivity (Wildman–Crippen MR) is 98.7 cm³/mol. The molecule has 0 saturated heterocycles. The fraction of sp³-hybridized carbons (Fsp3) is 0.650. The maximum absolute atomic E-state index is 12.5. The first-order valence-electron chi connectivity index (χ1n) is 8.92. The Kier molecular flexibility index (Phi) is 7.61. The molecule has 1 aromatic rings. The molecule has 0 unspecified atom stereocenters. The van der Waals surface area contributed by atoms with Gasteiger partial charge in [0, 0.05) is 5.33 Å². The molecule has 0 heterocycles. The van der Waals surface area contributed by atoms with Gasteiger partial charge in [-0.25, -0.2) is 0 Å². The lowest BCUT2D eigenvalue weighted by Gasteiger charge is -2.20. The molecule has 1 saturated carbocycles. The van der Waals surface area contributed by atoms with Gasteiger partial charge in [-0.2, -0.15) is 0 Å².